The van der Waals surface area contributed by atoms with Crippen LogP contribution in [0.15, 0.2) is 12.2 Å². The summed E-state index contributed by atoms with van der Waals surface area (Å²) < 4.78 is 0. The first-order chi connectivity index (χ1) is 6.20. The van der Waals surface area contributed by atoms with E-state index in [1.807, 2.05) is 0 Å². The molecule has 2 N–H and O–H groups in total. The van der Waals surface area contributed by atoms with E-state index in [0.29, 0.717) is 6.04 Å². The summed E-state index contributed by atoms with van der Waals surface area (Å²) in [7, 11) is 0. The molecule has 13 heavy (non-hydrogen) atoms. The average molecular weight is 183 g/mol. The maximum absolute atomic E-state index is 5.97. The van der Waals surface area contributed by atoms with Crippen molar-refractivity contribution in [3.63, 3.8) is 0 Å². The van der Waals surface area contributed by atoms with Gasteiger partial charge in [-0.3, -0.25) is 0 Å². The van der Waals surface area contributed by atoms with Crippen molar-refractivity contribution in [3.05, 3.63) is 12.2 Å². The van der Waals surface area contributed by atoms with Crippen molar-refractivity contribution >= 4 is 0 Å². The molecular weight excluding hydrogens is 158 g/mol. The predicted octanol–water partition coefficient (Wildman–Crippen LogP) is 3.64. The van der Waals surface area contributed by atoms with E-state index < -0.39 is 0 Å². The van der Waals surface area contributed by atoms with Crippen LogP contribution in [0.1, 0.15) is 58.8 Å². The monoisotopic (exact) mass is 183 g/mol. The quantitative estimate of drug-likeness (QED) is 0.451. The van der Waals surface area contributed by atoms with Gasteiger partial charge in [0.05, 0.1) is 0 Å². The molecule has 0 saturated carbocycles. The van der Waals surface area contributed by atoms with Crippen molar-refractivity contribution < 1.29 is 0 Å². The minimum Gasteiger partial charge on any atom is -0.327 e. The van der Waals surface area contributed by atoms with Gasteiger partial charge in [0.15, 0.2) is 0 Å². The Morgan fingerprint density at radius 3 is 2.46 bits per heavy atom. The summed E-state index contributed by atoms with van der Waals surface area (Å²) in [6.45, 7) is 8.36. The molecule has 1 atom stereocenters. The van der Waals surface area contributed by atoms with Crippen LogP contribution in [0.2, 0.25) is 0 Å². The van der Waals surface area contributed by atoms with Gasteiger partial charge in [-0.15, -0.1) is 0 Å². The molecule has 0 radical (unpaired) electrons. The molecule has 0 fully saturated rings. The fourth-order valence-corrected chi connectivity index (χ4v) is 1.45. The van der Waals surface area contributed by atoms with Gasteiger partial charge in [-0.25, -0.2) is 0 Å². The molecule has 0 amide bonds. The molecule has 1 unspecified atom stereocenters. The second-order valence-corrected chi connectivity index (χ2v) is 3.92. The molecule has 0 aromatic carbocycles. The molecule has 1 nitrogen and oxygen atoms in total. The molecule has 0 bridgehead atoms. The minimum absolute atomic E-state index is 0.351. The van der Waals surface area contributed by atoms with Crippen LogP contribution in [0.4, 0.5) is 0 Å². The average Bonchev–Trinajstić information content (AvgIpc) is 2.12. The maximum atomic E-state index is 5.97. The summed E-state index contributed by atoms with van der Waals surface area (Å²) in [5.74, 6) is 0. The first kappa shape index (κ1) is 12.7. The lowest BCUT2D eigenvalue weighted by Gasteiger charge is -2.11. The first-order valence-electron chi connectivity index (χ1n) is 5.62. The van der Waals surface area contributed by atoms with Gasteiger partial charge in [-0.1, -0.05) is 51.7 Å². The molecule has 0 aliphatic rings. The molecule has 0 saturated heterocycles. The highest BCUT2D eigenvalue weighted by molar-refractivity contribution is 4.95. The number of hydrogen-bond donors (Lipinski definition) is 1. The summed E-state index contributed by atoms with van der Waals surface area (Å²) >= 11 is 0. The van der Waals surface area contributed by atoms with E-state index in [1.165, 1.54) is 37.7 Å². The van der Waals surface area contributed by atoms with Gasteiger partial charge in [0.2, 0.25) is 0 Å². The Morgan fingerprint density at radius 1 is 1.23 bits per heavy atom. The van der Waals surface area contributed by atoms with E-state index in [-0.39, 0.29) is 0 Å². The zero-order chi connectivity index (χ0) is 10.1. The Labute approximate surface area is 83.4 Å². The van der Waals surface area contributed by atoms with E-state index in [2.05, 4.69) is 20.4 Å². The van der Waals surface area contributed by atoms with Crippen LogP contribution in [-0.4, -0.2) is 6.04 Å². The lowest BCUT2D eigenvalue weighted by molar-refractivity contribution is 0.541. The SMILES string of the molecule is C=C(CC)CC(N)CCCCCC. The van der Waals surface area contributed by atoms with Gasteiger partial charge in [0, 0.05) is 6.04 Å². The van der Waals surface area contributed by atoms with Crippen LogP contribution in [-0.2, 0) is 0 Å². The third kappa shape index (κ3) is 8.04. The highest BCUT2D eigenvalue weighted by Gasteiger charge is 2.02. The second-order valence-electron chi connectivity index (χ2n) is 3.92. The Hall–Kier alpha value is -0.300. The van der Waals surface area contributed by atoms with Crippen molar-refractivity contribution in [1.29, 1.82) is 0 Å². The van der Waals surface area contributed by atoms with Crippen molar-refractivity contribution in [2.45, 2.75) is 64.8 Å². The molecule has 0 rings (SSSR count). The van der Waals surface area contributed by atoms with E-state index in [9.17, 15) is 0 Å². The van der Waals surface area contributed by atoms with Crippen LogP contribution < -0.4 is 5.73 Å². The van der Waals surface area contributed by atoms with Gasteiger partial charge < -0.3 is 5.73 Å². The van der Waals surface area contributed by atoms with Crippen molar-refractivity contribution in [2.24, 2.45) is 5.73 Å². The topological polar surface area (TPSA) is 26.0 Å². The highest BCUT2D eigenvalue weighted by Crippen LogP contribution is 2.11. The Kier molecular flexibility index (Phi) is 8.11. The summed E-state index contributed by atoms with van der Waals surface area (Å²) in [5.41, 5.74) is 7.27. The van der Waals surface area contributed by atoms with Crippen LogP contribution >= 0.6 is 0 Å². The molecule has 1 heteroatoms. The van der Waals surface area contributed by atoms with E-state index in [4.69, 9.17) is 5.73 Å². The predicted molar refractivity (Wildman–Crippen MR) is 60.8 cm³/mol. The summed E-state index contributed by atoms with van der Waals surface area (Å²) in [5, 5.41) is 0. The maximum Gasteiger partial charge on any atom is 0.00759 e. The summed E-state index contributed by atoms with van der Waals surface area (Å²) in [4.78, 5) is 0. The smallest absolute Gasteiger partial charge is 0.00759 e. The molecule has 78 valence electrons. The molecule has 0 aromatic heterocycles. The van der Waals surface area contributed by atoms with Crippen molar-refractivity contribution in [1.82, 2.24) is 0 Å². The Balaban J connectivity index is 3.29. The lowest BCUT2D eigenvalue weighted by atomic mass is 10.0. The minimum atomic E-state index is 0.351. The molecule has 0 aliphatic heterocycles. The first-order valence-corrected chi connectivity index (χ1v) is 5.62. The largest absolute Gasteiger partial charge is 0.327 e. The molecular formula is C12H25N. The number of rotatable bonds is 8. The van der Waals surface area contributed by atoms with E-state index >= 15 is 0 Å². The summed E-state index contributed by atoms with van der Waals surface area (Å²) in [6, 6.07) is 0.351. The normalized spacial score (nSPS) is 12.8. The van der Waals surface area contributed by atoms with Gasteiger partial charge in [-0.2, -0.15) is 0 Å². The molecule has 0 heterocycles. The lowest BCUT2D eigenvalue weighted by Crippen LogP contribution is -2.20. The zero-order valence-corrected chi connectivity index (χ0v) is 9.31. The molecule has 0 aliphatic carbocycles. The second kappa shape index (κ2) is 8.31. The number of nitrogens with two attached hydrogens (primary N) is 1. The fraction of sp³-hybridized carbons (Fsp3) is 0.833. The van der Waals surface area contributed by atoms with Crippen LogP contribution in [0, 0.1) is 0 Å². The van der Waals surface area contributed by atoms with Crippen molar-refractivity contribution in [2.75, 3.05) is 0 Å². The molecule has 0 aromatic rings. The van der Waals surface area contributed by atoms with Gasteiger partial charge in [-0.05, 0) is 19.3 Å². The van der Waals surface area contributed by atoms with Gasteiger partial charge in [0.1, 0.15) is 0 Å². The zero-order valence-electron chi connectivity index (χ0n) is 9.31. The van der Waals surface area contributed by atoms with E-state index in [1.54, 1.807) is 0 Å². The number of unbranched alkanes of at least 4 members (excludes halogenated alkanes) is 3. The highest BCUT2D eigenvalue weighted by atomic mass is 14.6. The van der Waals surface area contributed by atoms with Crippen LogP contribution in [0.5, 0.6) is 0 Å². The van der Waals surface area contributed by atoms with E-state index in [0.717, 1.165) is 12.8 Å². The third-order valence-electron chi connectivity index (χ3n) is 2.48. The molecule has 0 spiro atoms. The Morgan fingerprint density at radius 2 is 1.92 bits per heavy atom. The van der Waals surface area contributed by atoms with Crippen LogP contribution in [0.25, 0.3) is 0 Å². The standard InChI is InChI=1S/C12H25N/c1-4-6-7-8-9-12(13)10-11(3)5-2/h12H,3-10,13H2,1-2H3. The van der Waals surface area contributed by atoms with Gasteiger partial charge >= 0.3 is 0 Å². The summed E-state index contributed by atoms with van der Waals surface area (Å²) in [6.07, 6.45) is 8.53. The van der Waals surface area contributed by atoms with Gasteiger partial charge in [0.25, 0.3) is 0 Å². The Bertz CT molecular complexity index is 129. The number of hydrogen-bond acceptors (Lipinski definition) is 1. The van der Waals surface area contributed by atoms with Crippen molar-refractivity contribution in [3.8, 4) is 0 Å². The third-order valence-corrected chi connectivity index (χ3v) is 2.48. The fourth-order valence-electron chi connectivity index (χ4n) is 1.45. The van der Waals surface area contributed by atoms with Crippen LogP contribution in [0.3, 0.4) is 0 Å².